The number of halogens is 1. The molecule has 0 atom stereocenters. The zero-order chi connectivity index (χ0) is 13.0. The number of nitrogens with zero attached hydrogens (tertiary/aromatic N) is 2. The van der Waals surface area contributed by atoms with Gasteiger partial charge in [0.2, 0.25) is 0 Å². The number of hydrogen-bond donors (Lipinski definition) is 1. The summed E-state index contributed by atoms with van der Waals surface area (Å²) in [5.41, 5.74) is 3.29. The second-order valence-electron chi connectivity index (χ2n) is 4.36. The van der Waals surface area contributed by atoms with Crippen LogP contribution in [-0.2, 0) is 13.5 Å². The van der Waals surface area contributed by atoms with Gasteiger partial charge in [0.05, 0.1) is 11.9 Å². The fourth-order valence-electron chi connectivity index (χ4n) is 2.10. The van der Waals surface area contributed by atoms with E-state index in [9.17, 15) is 4.39 Å². The highest BCUT2D eigenvalue weighted by Crippen LogP contribution is 2.24. The van der Waals surface area contributed by atoms with Crippen molar-refractivity contribution in [3.63, 3.8) is 0 Å². The Morgan fingerprint density at radius 3 is 2.67 bits per heavy atom. The van der Waals surface area contributed by atoms with Crippen molar-refractivity contribution in [2.75, 3.05) is 13.6 Å². The molecule has 1 heterocycles. The number of benzene rings is 1. The van der Waals surface area contributed by atoms with Crippen molar-refractivity contribution in [2.45, 2.75) is 12.8 Å². The third-order valence-electron chi connectivity index (χ3n) is 3.01. The van der Waals surface area contributed by atoms with E-state index in [2.05, 4.69) is 10.4 Å². The molecule has 2 rings (SSSR count). The highest BCUT2D eigenvalue weighted by molar-refractivity contribution is 5.63. The quantitative estimate of drug-likeness (QED) is 0.822. The summed E-state index contributed by atoms with van der Waals surface area (Å²) in [6.07, 6.45) is 3.94. The number of aromatic nitrogens is 2. The molecular weight excluding hydrogens is 229 g/mol. The first-order chi connectivity index (χ1) is 8.72. The van der Waals surface area contributed by atoms with Crippen molar-refractivity contribution in [3.8, 4) is 11.3 Å². The minimum absolute atomic E-state index is 0.211. The molecule has 0 spiro atoms. The summed E-state index contributed by atoms with van der Waals surface area (Å²) in [6, 6.07) is 6.57. The molecule has 0 unspecified atom stereocenters. The maximum absolute atomic E-state index is 12.9. The van der Waals surface area contributed by atoms with Crippen LogP contribution in [0.3, 0.4) is 0 Å². The SMILES string of the molecule is CNCCCc1cnn(C)c1-c1ccc(F)cc1. The molecule has 3 nitrogen and oxygen atoms in total. The number of aryl methyl sites for hydroxylation is 2. The Morgan fingerprint density at radius 2 is 2.00 bits per heavy atom. The Labute approximate surface area is 107 Å². The molecule has 0 saturated heterocycles. The highest BCUT2D eigenvalue weighted by Gasteiger charge is 2.10. The standard InChI is InChI=1S/C14H18FN3/c1-16-9-3-4-12-10-17-18(2)14(12)11-5-7-13(15)8-6-11/h5-8,10,16H,3-4,9H2,1-2H3. The van der Waals surface area contributed by atoms with Crippen LogP contribution >= 0.6 is 0 Å². The number of hydrogen-bond acceptors (Lipinski definition) is 2. The van der Waals surface area contributed by atoms with E-state index in [1.165, 1.54) is 17.7 Å². The lowest BCUT2D eigenvalue weighted by Gasteiger charge is -2.06. The second kappa shape index (κ2) is 5.78. The molecule has 96 valence electrons. The first-order valence-corrected chi connectivity index (χ1v) is 6.14. The van der Waals surface area contributed by atoms with Gasteiger partial charge in [-0.25, -0.2) is 4.39 Å². The lowest BCUT2D eigenvalue weighted by Crippen LogP contribution is -2.08. The van der Waals surface area contributed by atoms with Crippen molar-refractivity contribution >= 4 is 0 Å². The maximum atomic E-state index is 12.9. The first kappa shape index (κ1) is 12.8. The van der Waals surface area contributed by atoms with Crippen LogP contribution in [0.5, 0.6) is 0 Å². The predicted octanol–water partition coefficient (Wildman–Crippen LogP) is 2.38. The average Bonchev–Trinajstić information content (AvgIpc) is 2.72. The molecule has 0 amide bonds. The van der Waals surface area contributed by atoms with Crippen molar-refractivity contribution in [2.24, 2.45) is 7.05 Å². The van der Waals surface area contributed by atoms with Crippen LogP contribution in [0.15, 0.2) is 30.5 Å². The molecule has 2 aromatic rings. The van der Waals surface area contributed by atoms with E-state index in [4.69, 9.17) is 0 Å². The Kier molecular flexibility index (Phi) is 4.10. The Morgan fingerprint density at radius 1 is 1.28 bits per heavy atom. The van der Waals surface area contributed by atoms with Gasteiger partial charge in [0.25, 0.3) is 0 Å². The van der Waals surface area contributed by atoms with Gasteiger partial charge in [-0.3, -0.25) is 4.68 Å². The minimum atomic E-state index is -0.211. The van der Waals surface area contributed by atoms with Crippen LogP contribution in [0.25, 0.3) is 11.3 Å². The topological polar surface area (TPSA) is 29.9 Å². The summed E-state index contributed by atoms with van der Waals surface area (Å²) < 4.78 is 14.8. The third-order valence-corrected chi connectivity index (χ3v) is 3.01. The van der Waals surface area contributed by atoms with Crippen molar-refractivity contribution < 1.29 is 4.39 Å². The van der Waals surface area contributed by atoms with E-state index >= 15 is 0 Å². The van der Waals surface area contributed by atoms with E-state index in [1.807, 2.05) is 25.0 Å². The highest BCUT2D eigenvalue weighted by atomic mass is 19.1. The number of rotatable bonds is 5. The van der Waals surface area contributed by atoms with Gasteiger partial charge in [0.1, 0.15) is 5.82 Å². The molecule has 0 aliphatic heterocycles. The molecule has 0 fully saturated rings. The molecule has 0 aliphatic carbocycles. The summed E-state index contributed by atoms with van der Waals surface area (Å²) in [4.78, 5) is 0. The summed E-state index contributed by atoms with van der Waals surface area (Å²) >= 11 is 0. The fraction of sp³-hybridized carbons (Fsp3) is 0.357. The predicted molar refractivity (Wildman–Crippen MR) is 70.8 cm³/mol. The minimum Gasteiger partial charge on any atom is -0.320 e. The zero-order valence-electron chi connectivity index (χ0n) is 10.8. The molecule has 1 aromatic heterocycles. The summed E-state index contributed by atoms with van der Waals surface area (Å²) in [7, 11) is 3.87. The van der Waals surface area contributed by atoms with Gasteiger partial charge in [-0.05, 0) is 56.3 Å². The van der Waals surface area contributed by atoms with Gasteiger partial charge in [-0.15, -0.1) is 0 Å². The van der Waals surface area contributed by atoms with E-state index in [-0.39, 0.29) is 5.82 Å². The summed E-state index contributed by atoms with van der Waals surface area (Å²) in [6.45, 7) is 0.984. The largest absolute Gasteiger partial charge is 0.320 e. The van der Waals surface area contributed by atoms with Crippen molar-refractivity contribution in [1.29, 1.82) is 0 Å². The molecule has 4 heteroatoms. The molecule has 0 saturated carbocycles. The maximum Gasteiger partial charge on any atom is 0.123 e. The molecule has 0 bridgehead atoms. The molecular formula is C14H18FN3. The van der Waals surface area contributed by atoms with E-state index < -0.39 is 0 Å². The smallest absolute Gasteiger partial charge is 0.123 e. The molecule has 1 aromatic carbocycles. The van der Waals surface area contributed by atoms with Crippen LogP contribution in [0.2, 0.25) is 0 Å². The normalized spacial score (nSPS) is 10.8. The van der Waals surface area contributed by atoms with Crippen LogP contribution in [-0.4, -0.2) is 23.4 Å². The zero-order valence-corrected chi connectivity index (χ0v) is 10.8. The van der Waals surface area contributed by atoms with Gasteiger partial charge < -0.3 is 5.32 Å². The molecule has 0 radical (unpaired) electrons. The van der Waals surface area contributed by atoms with Gasteiger partial charge in [-0.2, -0.15) is 5.10 Å². The summed E-state index contributed by atoms with van der Waals surface area (Å²) in [5, 5.41) is 7.43. The molecule has 1 N–H and O–H groups in total. The van der Waals surface area contributed by atoms with E-state index in [0.717, 1.165) is 30.6 Å². The Balaban J connectivity index is 2.25. The fourth-order valence-corrected chi connectivity index (χ4v) is 2.10. The van der Waals surface area contributed by atoms with E-state index in [0.29, 0.717) is 0 Å². The average molecular weight is 247 g/mol. The van der Waals surface area contributed by atoms with Crippen LogP contribution in [0, 0.1) is 5.82 Å². The first-order valence-electron chi connectivity index (χ1n) is 6.14. The molecule has 0 aliphatic rings. The number of nitrogens with one attached hydrogen (secondary N) is 1. The van der Waals surface area contributed by atoms with Gasteiger partial charge in [0.15, 0.2) is 0 Å². The van der Waals surface area contributed by atoms with E-state index in [1.54, 1.807) is 12.1 Å². The lowest BCUT2D eigenvalue weighted by atomic mass is 10.0. The van der Waals surface area contributed by atoms with Crippen LogP contribution in [0.1, 0.15) is 12.0 Å². The Hall–Kier alpha value is -1.68. The van der Waals surface area contributed by atoms with Crippen LogP contribution < -0.4 is 5.32 Å². The van der Waals surface area contributed by atoms with Crippen molar-refractivity contribution in [1.82, 2.24) is 15.1 Å². The second-order valence-corrected chi connectivity index (χ2v) is 4.36. The molecule has 18 heavy (non-hydrogen) atoms. The van der Waals surface area contributed by atoms with Crippen molar-refractivity contribution in [3.05, 3.63) is 41.8 Å². The lowest BCUT2D eigenvalue weighted by molar-refractivity contribution is 0.628. The Bertz CT molecular complexity index is 502. The van der Waals surface area contributed by atoms with Crippen LogP contribution in [0.4, 0.5) is 4.39 Å². The van der Waals surface area contributed by atoms with Gasteiger partial charge in [-0.1, -0.05) is 0 Å². The van der Waals surface area contributed by atoms with Gasteiger partial charge in [0, 0.05) is 12.6 Å². The van der Waals surface area contributed by atoms with Gasteiger partial charge >= 0.3 is 0 Å². The third kappa shape index (κ3) is 2.76. The summed E-state index contributed by atoms with van der Waals surface area (Å²) in [5.74, 6) is -0.211. The monoisotopic (exact) mass is 247 g/mol.